The Labute approximate surface area is 201 Å². The average molecular weight is 463 g/mol. The van der Waals surface area contributed by atoms with Crippen molar-refractivity contribution < 1.29 is 4.74 Å². The zero-order valence-corrected chi connectivity index (χ0v) is 20.4. The molecule has 9 nitrogen and oxygen atoms in total. The second kappa shape index (κ2) is 10.1. The van der Waals surface area contributed by atoms with E-state index < -0.39 is 0 Å². The van der Waals surface area contributed by atoms with E-state index in [1.807, 2.05) is 6.07 Å². The van der Waals surface area contributed by atoms with Crippen molar-refractivity contribution in [1.29, 1.82) is 0 Å². The topological polar surface area (TPSA) is 73.8 Å². The molecule has 34 heavy (non-hydrogen) atoms. The molecule has 2 aliphatic rings. The molecule has 0 spiro atoms. The highest BCUT2D eigenvalue weighted by Gasteiger charge is 2.26. The van der Waals surface area contributed by atoms with Gasteiger partial charge in [-0.05, 0) is 32.5 Å². The van der Waals surface area contributed by atoms with Gasteiger partial charge in [-0.3, -0.25) is 0 Å². The molecule has 5 rings (SSSR count). The van der Waals surface area contributed by atoms with Crippen LogP contribution in [0.3, 0.4) is 0 Å². The largest absolute Gasteiger partial charge is 0.378 e. The first-order valence-corrected chi connectivity index (χ1v) is 12.1. The van der Waals surface area contributed by atoms with Crippen molar-refractivity contribution in [3.8, 4) is 0 Å². The predicted molar refractivity (Wildman–Crippen MR) is 136 cm³/mol. The lowest BCUT2D eigenvalue weighted by molar-refractivity contribution is 0.122. The van der Waals surface area contributed by atoms with Crippen LogP contribution in [0, 0.1) is 0 Å². The maximum absolute atomic E-state index is 5.57. The quantitative estimate of drug-likeness (QED) is 0.549. The van der Waals surface area contributed by atoms with Gasteiger partial charge in [0.2, 0.25) is 5.95 Å². The third-order valence-electron chi connectivity index (χ3n) is 6.84. The molecule has 180 valence electrons. The molecule has 2 aliphatic heterocycles. The first-order valence-electron chi connectivity index (χ1n) is 12.1. The Morgan fingerprint density at radius 2 is 1.62 bits per heavy atom. The van der Waals surface area contributed by atoms with Crippen molar-refractivity contribution in [3.05, 3.63) is 42.2 Å². The van der Waals surface area contributed by atoms with Crippen LogP contribution in [-0.4, -0.2) is 91.4 Å². The van der Waals surface area contributed by atoms with E-state index in [4.69, 9.17) is 14.7 Å². The van der Waals surface area contributed by atoms with Crippen LogP contribution in [0.25, 0.3) is 11.0 Å². The summed E-state index contributed by atoms with van der Waals surface area (Å²) in [6, 6.07) is 11.1. The van der Waals surface area contributed by atoms with Gasteiger partial charge in [-0.1, -0.05) is 30.3 Å². The predicted octanol–water partition coefficient (Wildman–Crippen LogP) is 2.42. The van der Waals surface area contributed by atoms with Crippen molar-refractivity contribution in [2.45, 2.75) is 25.4 Å². The van der Waals surface area contributed by atoms with Crippen molar-refractivity contribution in [1.82, 2.24) is 24.8 Å². The van der Waals surface area contributed by atoms with Gasteiger partial charge in [-0.15, -0.1) is 0 Å². The molecule has 0 saturated carbocycles. The van der Waals surface area contributed by atoms with Crippen LogP contribution in [0.5, 0.6) is 0 Å². The van der Waals surface area contributed by atoms with Crippen molar-refractivity contribution >= 4 is 28.6 Å². The van der Waals surface area contributed by atoms with Gasteiger partial charge < -0.3 is 24.3 Å². The summed E-state index contributed by atoms with van der Waals surface area (Å²) in [5.74, 6) is 2.48. The van der Waals surface area contributed by atoms with E-state index >= 15 is 0 Å². The summed E-state index contributed by atoms with van der Waals surface area (Å²) < 4.78 is 5.57. The van der Waals surface area contributed by atoms with Gasteiger partial charge in [0.15, 0.2) is 11.6 Å². The minimum absolute atomic E-state index is 0.601. The molecule has 0 unspecified atom stereocenters. The van der Waals surface area contributed by atoms with Crippen LogP contribution >= 0.6 is 0 Å². The van der Waals surface area contributed by atoms with E-state index in [1.54, 1.807) is 6.33 Å². The fourth-order valence-electron chi connectivity index (χ4n) is 4.84. The fourth-order valence-corrected chi connectivity index (χ4v) is 4.84. The number of hydrogen-bond donors (Lipinski definition) is 0. The van der Waals surface area contributed by atoms with Crippen LogP contribution in [0.4, 0.5) is 17.6 Å². The highest BCUT2D eigenvalue weighted by atomic mass is 16.5. The summed E-state index contributed by atoms with van der Waals surface area (Å²) >= 11 is 0. The number of rotatable bonds is 6. The van der Waals surface area contributed by atoms with Gasteiger partial charge in [0, 0.05) is 45.8 Å². The zero-order valence-electron chi connectivity index (χ0n) is 20.4. The molecule has 0 N–H and O–H groups in total. The Balaban J connectivity index is 1.55. The van der Waals surface area contributed by atoms with Crippen LogP contribution in [0.1, 0.15) is 18.4 Å². The van der Waals surface area contributed by atoms with E-state index in [-0.39, 0.29) is 0 Å². The van der Waals surface area contributed by atoms with Crippen LogP contribution in [0.2, 0.25) is 0 Å². The van der Waals surface area contributed by atoms with Gasteiger partial charge in [0.05, 0.1) is 13.2 Å². The monoisotopic (exact) mass is 462 g/mol. The van der Waals surface area contributed by atoms with Crippen LogP contribution < -0.4 is 14.7 Å². The Kier molecular flexibility index (Phi) is 6.73. The first kappa shape index (κ1) is 22.7. The third-order valence-corrected chi connectivity index (χ3v) is 6.84. The summed E-state index contributed by atoms with van der Waals surface area (Å²) in [5.41, 5.74) is 2.84. The molecule has 0 amide bonds. The van der Waals surface area contributed by atoms with Crippen LogP contribution in [0.15, 0.2) is 36.7 Å². The minimum atomic E-state index is 0.601. The number of ether oxygens (including phenoxy) is 1. The number of aromatic nitrogens is 4. The van der Waals surface area contributed by atoms with E-state index in [2.05, 4.69) is 75.0 Å². The number of morpholine rings is 1. The maximum atomic E-state index is 5.57. The standard InChI is InChI=1S/C25H34N8O/c1-30(2)20-9-11-33(12-10-20)25-28-22-21(26-18-27-23(22)32-13-15-34-16-14-32)24(29-25)31(3)17-19-7-5-4-6-8-19/h4-8,18,20H,9-17H2,1-3H3. The lowest BCUT2D eigenvalue weighted by atomic mass is 10.0. The molecule has 0 atom stereocenters. The second-order valence-corrected chi connectivity index (χ2v) is 9.36. The van der Waals surface area contributed by atoms with E-state index in [0.717, 1.165) is 74.2 Å². The summed E-state index contributed by atoms with van der Waals surface area (Å²) in [6.07, 6.45) is 3.84. The molecular formula is C25H34N8O. The van der Waals surface area contributed by atoms with E-state index in [9.17, 15) is 0 Å². The Morgan fingerprint density at radius 1 is 0.882 bits per heavy atom. The second-order valence-electron chi connectivity index (χ2n) is 9.36. The average Bonchev–Trinajstić information content (AvgIpc) is 2.89. The zero-order chi connectivity index (χ0) is 23.5. The lowest BCUT2D eigenvalue weighted by Gasteiger charge is -2.35. The first-order chi connectivity index (χ1) is 16.6. The number of hydrogen-bond acceptors (Lipinski definition) is 9. The number of piperidine rings is 1. The SMILES string of the molecule is CN(Cc1ccccc1)c1nc(N2CCC(N(C)C)CC2)nc2c(N3CCOCC3)ncnc12. The third kappa shape index (κ3) is 4.76. The number of fused-ring (bicyclic) bond motifs is 1. The lowest BCUT2D eigenvalue weighted by Crippen LogP contribution is -2.42. The normalized spacial score (nSPS) is 17.5. The smallest absolute Gasteiger partial charge is 0.228 e. The fraction of sp³-hybridized carbons (Fsp3) is 0.520. The molecule has 4 heterocycles. The maximum Gasteiger partial charge on any atom is 0.228 e. The van der Waals surface area contributed by atoms with Gasteiger partial charge >= 0.3 is 0 Å². The molecule has 2 aromatic heterocycles. The molecule has 0 bridgehead atoms. The number of benzene rings is 1. The summed E-state index contributed by atoms with van der Waals surface area (Å²) in [4.78, 5) is 28.5. The summed E-state index contributed by atoms with van der Waals surface area (Å²) in [7, 11) is 6.40. The number of anilines is 3. The highest BCUT2D eigenvalue weighted by molar-refractivity contribution is 5.94. The molecule has 1 aromatic carbocycles. The van der Waals surface area contributed by atoms with Gasteiger partial charge in [0.1, 0.15) is 17.4 Å². The van der Waals surface area contributed by atoms with Gasteiger partial charge in [-0.2, -0.15) is 4.98 Å². The van der Waals surface area contributed by atoms with Crippen molar-refractivity contribution in [3.63, 3.8) is 0 Å². The summed E-state index contributed by atoms with van der Waals surface area (Å²) in [6.45, 7) is 5.62. The summed E-state index contributed by atoms with van der Waals surface area (Å²) in [5, 5.41) is 0. The minimum Gasteiger partial charge on any atom is -0.378 e. The van der Waals surface area contributed by atoms with Crippen LogP contribution in [-0.2, 0) is 11.3 Å². The molecule has 9 heteroatoms. The Morgan fingerprint density at radius 3 is 2.32 bits per heavy atom. The molecule has 2 saturated heterocycles. The number of nitrogens with zero attached hydrogens (tertiary/aromatic N) is 8. The van der Waals surface area contributed by atoms with Gasteiger partial charge in [-0.25, -0.2) is 15.0 Å². The highest BCUT2D eigenvalue weighted by Crippen LogP contribution is 2.31. The molecule has 3 aromatic rings. The molecular weight excluding hydrogens is 428 g/mol. The van der Waals surface area contributed by atoms with E-state index in [1.165, 1.54) is 5.56 Å². The Bertz CT molecular complexity index is 1090. The Hall–Kier alpha value is -3.04. The van der Waals surface area contributed by atoms with Gasteiger partial charge in [0.25, 0.3) is 0 Å². The molecule has 2 fully saturated rings. The molecule has 0 aliphatic carbocycles. The van der Waals surface area contributed by atoms with Crippen molar-refractivity contribution in [2.75, 3.05) is 75.2 Å². The van der Waals surface area contributed by atoms with E-state index in [0.29, 0.717) is 19.3 Å². The van der Waals surface area contributed by atoms with Crippen molar-refractivity contribution in [2.24, 2.45) is 0 Å². The molecule has 0 radical (unpaired) electrons.